The third-order valence-electron chi connectivity index (χ3n) is 3.48. The molecule has 0 aromatic heterocycles. The Morgan fingerprint density at radius 1 is 1.29 bits per heavy atom. The van der Waals surface area contributed by atoms with Crippen molar-refractivity contribution in [2.24, 2.45) is 0 Å². The molecule has 4 nitrogen and oxygen atoms in total. The van der Waals surface area contributed by atoms with Gasteiger partial charge in [-0.15, -0.1) is 0 Å². The number of amides is 1. The molecule has 17 heavy (non-hydrogen) atoms. The van der Waals surface area contributed by atoms with Crippen LogP contribution in [0.4, 0.5) is 0 Å². The van der Waals surface area contributed by atoms with Crippen LogP contribution in [0, 0.1) is 0 Å². The molecular weight excluding hydrogens is 218 g/mol. The van der Waals surface area contributed by atoms with Gasteiger partial charge in [0.05, 0.1) is 19.6 Å². The fourth-order valence-corrected chi connectivity index (χ4v) is 2.43. The molecule has 1 N–H and O–H groups in total. The first-order valence-corrected chi connectivity index (χ1v) is 5.54. The standard InChI is InChI=1S/C13H17NO3/c1-13(12(15)14-2)7-8-5-10(16-3)11(17-4)6-9(8)13/h5-6H,7H2,1-4H3,(H,14,15). The lowest BCUT2D eigenvalue weighted by atomic mass is 9.64. The highest BCUT2D eigenvalue weighted by Gasteiger charge is 2.45. The van der Waals surface area contributed by atoms with Crippen LogP contribution in [0.15, 0.2) is 12.1 Å². The van der Waals surface area contributed by atoms with E-state index in [0.717, 1.165) is 17.5 Å². The predicted molar refractivity (Wildman–Crippen MR) is 64.7 cm³/mol. The molecule has 0 aliphatic heterocycles. The summed E-state index contributed by atoms with van der Waals surface area (Å²) < 4.78 is 10.5. The number of methoxy groups -OCH3 is 2. The van der Waals surface area contributed by atoms with Crippen molar-refractivity contribution in [1.29, 1.82) is 0 Å². The van der Waals surface area contributed by atoms with Crippen LogP contribution in [0.5, 0.6) is 11.5 Å². The Morgan fingerprint density at radius 3 is 2.41 bits per heavy atom. The molecule has 0 fully saturated rings. The monoisotopic (exact) mass is 235 g/mol. The third-order valence-corrected chi connectivity index (χ3v) is 3.48. The molecular formula is C13H17NO3. The first kappa shape index (κ1) is 11.8. The van der Waals surface area contributed by atoms with E-state index in [-0.39, 0.29) is 5.91 Å². The van der Waals surface area contributed by atoms with E-state index >= 15 is 0 Å². The van der Waals surface area contributed by atoms with Crippen molar-refractivity contribution in [3.05, 3.63) is 23.3 Å². The van der Waals surface area contributed by atoms with Crippen LogP contribution < -0.4 is 14.8 Å². The zero-order valence-electron chi connectivity index (χ0n) is 10.6. The van der Waals surface area contributed by atoms with E-state index in [4.69, 9.17) is 9.47 Å². The molecule has 1 amide bonds. The van der Waals surface area contributed by atoms with Crippen molar-refractivity contribution >= 4 is 5.91 Å². The van der Waals surface area contributed by atoms with E-state index in [1.165, 1.54) is 0 Å². The lowest BCUT2D eigenvalue weighted by molar-refractivity contribution is -0.126. The van der Waals surface area contributed by atoms with Gasteiger partial charge in [-0.05, 0) is 36.6 Å². The number of carbonyl (C=O) groups excluding carboxylic acids is 1. The maximum absolute atomic E-state index is 11.8. The number of rotatable bonds is 3. The predicted octanol–water partition coefficient (Wildman–Crippen LogP) is 1.26. The van der Waals surface area contributed by atoms with Gasteiger partial charge in [0.2, 0.25) is 5.91 Å². The van der Waals surface area contributed by atoms with E-state index in [1.54, 1.807) is 21.3 Å². The Kier molecular flexibility index (Phi) is 2.73. The molecule has 2 rings (SSSR count). The zero-order valence-corrected chi connectivity index (χ0v) is 10.6. The lowest BCUT2D eigenvalue weighted by Crippen LogP contribution is -2.48. The SMILES string of the molecule is CNC(=O)C1(C)Cc2cc(OC)c(OC)cc21. The fraction of sp³-hybridized carbons (Fsp3) is 0.462. The Balaban J connectivity index is 2.45. The van der Waals surface area contributed by atoms with Gasteiger partial charge in [0.25, 0.3) is 0 Å². The highest BCUT2D eigenvalue weighted by atomic mass is 16.5. The molecule has 0 saturated heterocycles. The lowest BCUT2D eigenvalue weighted by Gasteiger charge is -2.39. The summed E-state index contributed by atoms with van der Waals surface area (Å²) >= 11 is 0. The van der Waals surface area contributed by atoms with Crippen molar-refractivity contribution in [3.8, 4) is 11.5 Å². The summed E-state index contributed by atoms with van der Waals surface area (Å²) in [7, 11) is 4.87. The van der Waals surface area contributed by atoms with Gasteiger partial charge < -0.3 is 14.8 Å². The number of ether oxygens (including phenoxy) is 2. The average Bonchev–Trinajstić information content (AvgIpc) is 2.35. The van der Waals surface area contributed by atoms with Crippen LogP contribution in [0.3, 0.4) is 0 Å². The first-order chi connectivity index (χ1) is 8.06. The maximum atomic E-state index is 11.8. The Labute approximate surface area is 101 Å². The van der Waals surface area contributed by atoms with Crippen LogP contribution in [0.25, 0.3) is 0 Å². The Hall–Kier alpha value is -1.71. The summed E-state index contributed by atoms with van der Waals surface area (Å²) in [5.41, 5.74) is 1.73. The van der Waals surface area contributed by atoms with Crippen LogP contribution in [-0.4, -0.2) is 27.2 Å². The van der Waals surface area contributed by atoms with Gasteiger partial charge in [0.1, 0.15) is 0 Å². The number of nitrogens with one attached hydrogen (secondary N) is 1. The van der Waals surface area contributed by atoms with Gasteiger partial charge >= 0.3 is 0 Å². The minimum absolute atomic E-state index is 0.0391. The molecule has 1 atom stereocenters. The molecule has 4 heteroatoms. The number of carbonyl (C=O) groups is 1. The summed E-state index contributed by atoms with van der Waals surface area (Å²) in [6.07, 6.45) is 0.738. The molecule has 1 aromatic rings. The van der Waals surface area contributed by atoms with E-state index < -0.39 is 5.41 Å². The summed E-state index contributed by atoms with van der Waals surface area (Å²) in [4.78, 5) is 11.8. The normalized spacial score (nSPS) is 21.2. The maximum Gasteiger partial charge on any atom is 0.230 e. The van der Waals surface area contributed by atoms with Crippen molar-refractivity contribution in [3.63, 3.8) is 0 Å². The van der Waals surface area contributed by atoms with Crippen molar-refractivity contribution in [2.45, 2.75) is 18.8 Å². The molecule has 0 radical (unpaired) electrons. The largest absolute Gasteiger partial charge is 0.493 e. The number of hydrogen-bond donors (Lipinski definition) is 1. The summed E-state index contributed by atoms with van der Waals surface area (Å²) in [5.74, 6) is 1.42. The molecule has 0 heterocycles. The van der Waals surface area contributed by atoms with Crippen molar-refractivity contribution < 1.29 is 14.3 Å². The number of likely N-dealkylation sites (N-methyl/N-ethyl adjacent to an activating group) is 1. The van der Waals surface area contributed by atoms with Crippen molar-refractivity contribution in [2.75, 3.05) is 21.3 Å². The van der Waals surface area contributed by atoms with Gasteiger partial charge in [-0.25, -0.2) is 0 Å². The summed E-state index contributed by atoms with van der Waals surface area (Å²) in [5, 5.41) is 2.70. The minimum Gasteiger partial charge on any atom is -0.493 e. The molecule has 1 aliphatic carbocycles. The second kappa shape index (κ2) is 3.95. The highest BCUT2D eigenvalue weighted by Crippen LogP contribution is 2.46. The Morgan fingerprint density at radius 2 is 1.88 bits per heavy atom. The molecule has 0 bridgehead atoms. The second-order valence-electron chi connectivity index (χ2n) is 4.45. The number of hydrogen-bond acceptors (Lipinski definition) is 3. The zero-order chi connectivity index (χ0) is 12.6. The van der Waals surface area contributed by atoms with Crippen LogP contribution in [-0.2, 0) is 16.6 Å². The Bertz CT molecular complexity index is 470. The second-order valence-corrected chi connectivity index (χ2v) is 4.45. The van der Waals surface area contributed by atoms with Crippen molar-refractivity contribution in [1.82, 2.24) is 5.32 Å². The van der Waals surface area contributed by atoms with Gasteiger partial charge in [0.15, 0.2) is 11.5 Å². The molecule has 0 spiro atoms. The van der Waals surface area contributed by atoms with E-state index in [1.807, 2.05) is 19.1 Å². The van der Waals surface area contributed by atoms with E-state index in [9.17, 15) is 4.79 Å². The molecule has 1 unspecified atom stereocenters. The first-order valence-electron chi connectivity index (χ1n) is 5.54. The fourth-order valence-electron chi connectivity index (χ4n) is 2.43. The van der Waals surface area contributed by atoms with Crippen LogP contribution >= 0.6 is 0 Å². The van der Waals surface area contributed by atoms with Gasteiger partial charge in [-0.1, -0.05) is 0 Å². The van der Waals surface area contributed by atoms with Gasteiger partial charge in [0, 0.05) is 7.05 Å². The third kappa shape index (κ3) is 1.55. The number of fused-ring (bicyclic) bond motifs is 1. The van der Waals surface area contributed by atoms with E-state index in [2.05, 4.69) is 5.32 Å². The van der Waals surface area contributed by atoms with E-state index in [0.29, 0.717) is 11.5 Å². The minimum atomic E-state index is -0.441. The smallest absolute Gasteiger partial charge is 0.230 e. The van der Waals surface area contributed by atoms with Gasteiger partial charge in [-0.3, -0.25) is 4.79 Å². The molecule has 1 aliphatic rings. The highest BCUT2D eigenvalue weighted by molar-refractivity contribution is 5.91. The average molecular weight is 235 g/mol. The number of benzene rings is 1. The molecule has 1 aromatic carbocycles. The van der Waals surface area contributed by atoms with Crippen LogP contribution in [0.2, 0.25) is 0 Å². The van der Waals surface area contributed by atoms with Crippen LogP contribution in [0.1, 0.15) is 18.1 Å². The topological polar surface area (TPSA) is 47.6 Å². The molecule has 92 valence electrons. The van der Waals surface area contributed by atoms with Gasteiger partial charge in [-0.2, -0.15) is 0 Å². The summed E-state index contributed by atoms with van der Waals surface area (Å²) in [6, 6.07) is 3.84. The summed E-state index contributed by atoms with van der Waals surface area (Å²) in [6.45, 7) is 1.94. The quantitative estimate of drug-likeness (QED) is 0.858. The molecule has 0 saturated carbocycles.